The highest BCUT2D eigenvalue weighted by atomic mass is 35.5. The van der Waals surface area contributed by atoms with Gasteiger partial charge in [-0.2, -0.15) is 0 Å². The van der Waals surface area contributed by atoms with E-state index in [1.165, 1.54) is 5.56 Å². The molecule has 0 heterocycles. The van der Waals surface area contributed by atoms with Crippen LogP contribution in [0.5, 0.6) is 5.75 Å². The number of halogens is 1. The van der Waals surface area contributed by atoms with Gasteiger partial charge in [0.2, 0.25) is 0 Å². The largest absolute Gasteiger partial charge is 0.494 e. The second kappa shape index (κ2) is 8.32. The molecule has 0 unspecified atom stereocenters. The number of nitrogens with zero attached hydrogens (tertiary/aromatic N) is 1. The molecule has 2 rings (SSSR count). The van der Waals surface area contributed by atoms with Crippen LogP contribution in [-0.4, -0.2) is 18.3 Å². The maximum Gasteiger partial charge on any atom is 0.119 e. The second-order valence-electron chi connectivity index (χ2n) is 4.67. The number of hydrogen-bond acceptors (Lipinski definition) is 2. The number of alkyl halides is 1. The van der Waals surface area contributed by atoms with Crippen molar-refractivity contribution in [3.8, 4) is 5.75 Å². The highest BCUT2D eigenvalue weighted by Gasteiger charge is 1.97. The average molecular weight is 303 g/mol. The number of benzene rings is 2. The molecule has 110 valence electrons. The third-order valence-corrected chi connectivity index (χ3v) is 3.24. The minimum absolute atomic E-state index is 0.234. The van der Waals surface area contributed by atoms with Gasteiger partial charge >= 0.3 is 0 Å². The molecule has 0 saturated carbocycles. The molecule has 0 saturated heterocycles. The minimum atomic E-state index is 0.234. The van der Waals surface area contributed by atoms with Gasteiger partial charge < -0.3 is 10.5 Å². The Morgan fingerprint density at radius 1 is 1.05 bits per heavy atom. The van der Waals surface area contributed by atoms with Gasteiger partial charge in [0.25, 0.3) is 0 Å². The zero-order chi connectivity index (χ0) is 14.9. The molecule has 2 aromatic rings. The van der Waals surface area contributed by atoms with E-state index in [0.29, 0.717) is 12.4 Å². The molecule has 0 aromatic heterocycles. The summed E-state index contributed by atoms with van der Waals surface area (Å²) in [6.45, 7) is 0.696. The maximum atomic E-state index is 5.71. The van der Waals surface area contributed by atoms with Crippen LogP contribution in [0.3, 0.4) is 0 Å². The lowest BCUT2D eigenvalue weighted by atomic mass is 10.1. The van der Waals surface area contributed by atoms with Crippen LogP contribution in [0.1, 0.15) is 12.0 Å². The summed E-state index contributed by atoms with van der Waals surface area (Å²) in [5.41, 5.74) is 7.70. The van der Waals surface area contributed by atoms with Gasteiger partial charge in [0.05, 0.1) is 18.2 Å². The normalized spacial score (nSPS) is 11.4. The van der Waals surface area contributed by atoms with Crippen LogP contribution in [0.2, 0.25) is 0 Å². The Kier molecular flexibility index (Phi) is 6.10. The van der Waals surface area contributed by atoms with Gasteiger partial charge in [0.1, 0.15) is 11.6 Å². The monoisotopic (exact) mass is 302 g/mol. The second-order valence-corrected chi connectivity index (χ2v) is 4.94. The van der Waals surface area contributed by atoms with Crippen LogP contribution >= 0.6 is 11.6 Å². The predicted octanol–water partition coefficient (Wildman–Crippen LogP) is 3.93. The summed E-state index contributed by atoms with van der Waals surface area (Å²) >= 11 is 5.59. The average Bonchev–Trinajstić information content (AvgIpc) is 2.54. The zero-order valence-corrected chi connectivity index (χ0v) is 12.6. The van der Waals surface area contributed by atoms with E-state index in [9.17, 15) is 0 Å². The van der Waals surface area contributed by atoms with Gasteiger partial charge in [-0.1, -0.05) is 30.3 Å². The van der Waals surface area contributed by atoms with Gasteiger partial charge in [-0.3, -0.25) is 0 Å². The zero-order valence-electron chi connectivity index (χ0n) is 11.8. The predicted molar refractivity (Wildman–Crippen MR) is 88.7 cm³/mol. The molecule has 0 bridgehead atoms. The van der Waals surface area contributed by atoms with E-state index in [1.54, 1.807) is 0 Å². The first-order valence-electron chi connectivity index (χ1n) is 6.94. The molecule has 0 spiro atoms. The Balaban J connectivity index is 1.76. The molecule has 0 fully saturated rings. The van der Waals surface area contributed by atoms with E-state index in [-0.39, 0.29) is 5.88 Å². The first-order valence-corrected chi connectivity index (χ1v) is 7.47. The van der Waals surface area contributed by atoms with Crippen LogP contribution in [0.15, 0.2) is 59.6 Å². The molecule has 4 heteroatoms. The first kappa shape index (κ1) is 15.4. The van der Waals surface area contributed by atoms with Crippen molar-refractivity contribution >= 4 is 23.1 Å². The Morgan fingerprint density at radius 3 is 2.43 bits per heavy atom. The van der Waals surface area contributed by atoms with Crippen molar-refractivity contribution in [1.29, 1.82) is 0 Å². The van der Waals surface area contributed by atoms with Gasteiger partial charge in [0, 0.05) is 0 Å². The lowest BCUT2D eigenvalue weighted by Crippen LogP contribution is -2.12. The quantitative estimate of drug-likeness (QED) is 0.365. The third kappa shape index (κ3) is 5.48. The molecule has 2 N–H and O–H groups in total. The number of hydrogen-bond donors (Lipinski definition) is 1. The summed E-state index contributed by atoms with van der Waals surface area (Å²) < 4.78 is 5.71. The van der Waals surface area contributed by atoms with Crippen molar-refractivity contribution in [2.45, 2.75) is 12.8 Å². The third-order valence-electron chi connectivity index (χ3n) is 2.97. The van der Waals surface area contributed by atoms with Crippen molar-refractivity contribution < 1.29 is 4.74 Å². The fourth-order valence-electron chi connectivity index (χ4n) is 1.92. The summed E-state index contributed by atoms with van der Waals surface area (Å²) in [7, 11) is 0. The molecular formula is C17H19ClN2O. The number of rotatable bonds is 7. The SMILES string of the molecule is NC(CCl)=Nc1ccc(OCCCc2ccccc2)cc1. The first-order chi connectivity index (χ1) is 10.3. The smallest absolute Gasteiger partial charge is 0.119 e. The van der Waals surface area contributed by atoms with Crippen molar-refractivity contribution in [2.24, 2.45) is 10.7 Å². The van der Waals surface area contributed by atoms with Crippen molar-refractivity contribution in [3.05, 3.63) is 60.2 Å². The molecule has 3 nitrogen and oxygen atoms in total. The molecule has 21 heavy (non-hydrogen) atoms. The highest BCUT2D eigenvalue weighted by Crippen LogP contribution is 2.18. The summed E-state index contributed by atoms with van der Waals surface area (Å²) in [5.74, 6) is 1.48. The molecule has 0 aliphatic carbocycles. The van der Waals surface area contributed by atoms with Gasteiger partial charge in [-0.25, -0.2) is 4.99 Å². The van der Waals surface area contributed by atoms with Crippen molar-refractivity contribution in [3.63, 3.8) is 0 Å². The van der Waals surface area contributed by atoms with E-state index in [1.807, 2.05) is 30.3 Å². The van der Waals surface area contributed by atoms with Crippen LogP contribution in [-0.2, 0) is 6.42 Å². The van der Waals surface area contributed by atoms with Gasteiger partial charge in [0.15, 0.2) is 0 Å². The lowest BCUT2D eigenvalue weighted by Gasteiger charge is -2.06. The fourth-order valence-corrected chi connectivity index (χ4v) is 1.98. The molecule has 0 atom stereocenters. The van der Waals surface area contributed by atoms with E-state index in [0.717, 1.165) is 24.3 Å². The van der Waals surface area contributed by atoms with Gasteiger partial charge in [-0.15, -0.1) is 11.6 Å². The van der Waals surface area contributed by atoms with Crippen molar-refractivity contribution in [2.75, 3.05) is 12.5 Å². The summed E-state index contributed by atoms with van der Waals surface area (Å²) in [6.07, 6.45) is 2.01. The lowest BCUT2D eigenvalue weighted by molar-refractivity contribution is 0.311. The minimum Gasteiger partial charge on any atom is -0.494 e. The number of ether oxygens (including phenoxy) is 1. The maximum absolute atomic E-state index is 5.71. The Bertz CT molecular complexity index is 567. The standard InChI is InChI=1S/C17H19ClN2O/c18-13-17(19)20-15-8-10-16(11-9-15)21-12-4-7-14-5-2-1-3-6-14/h1-3,5-6,8-11H,4,7,12-13H2,(H2,19,20). The molecule has 0 aliphatic heterocycles. The Labute approximate surface area is 130 Å². The molecule has 0 amide bonds. The van der Waals surface area contributed by atoms with Crippen LogP contribution in [0.25, 0.3) is 0 Å². The van der Waals surface area contributed by atoms with E-state index in [4.69, 9.17) is 22.1 Å². The Hall–Kier alpha value is -2.00. The fraction of sp³-hybridized carbons (Fsp3) is 0.235. The highest BCUT2D eigenvalue weighted by molar-refractivity contribution is 6.28. The summed E-state index contributed by atoms with van der Waals surface area (Å²) in [5, 5.41) is 0. The number of aryl methyl sites for hydroxylation is 1. The molecular weight excluding hydrogens is 284 g/mol. The number of nitrogens with two attached hydrogens (primary N) is 1. The number of amidine groups is 1. The summed E-state index contributed by atoms with van der Waals surface area (Å²) in [4.78, 5) is 4.16. The Morgan fingerprint density at radius 2 is 1.76 bits per heavy atom. The van der Waals surface area contributed by atoms with Gasteiger partial charge in [-0.05, 0) is 42.7 Å². The van der Waals surface area contributed by atoms with E-state index >= 15 is 0 Å². The number of aliphatic imine (C=N–C) groups is 1. The van der Waals surface area contributed by atoms with E-state index < -0.39 is 0 Å². The van der Waals surface area contributed by atoms with Crippen LogP contribution in [0, 0.1) is 0 Å². The van der Waals surface area contributed by atoms with Crippen LogP contribution < -0.4 is 10.5 Å². The molecule has 0 aliphatic rings. The van der Waals surface area contributed by atoms with Crippen LogP contribution in [0.4, 0.5) is 5.69 Å². The molecule has 2 aromatic carbocycles. The van der Waals surface area contributed by atoms with E-state index in [2.05, 4.69) is 29.3 Å². The van der Waals surface area contributed by atoms with Crippen molar-refractivity contribution in [1.82, 2.24) is 0 Å². The summed E-state index contributed by atoms with van der Waals surface area (Å²) in [6, 6.07) is 17.9. The topological polar surface area (TPSA) is 47.6 Å². The molecule has 0 radical (unpaired) electrons.